The van der Waals surface area contributed by atoms with E-state index in [1.54, 1.807) is 18.6 Å². The normalized spacial score (nSPS) is 10.6. The largest absolute Gasteiger partial charge is 0.379 e. The van der Waals surface area contributed by atoms with E-state index in [1.807, 2.05) is 24.3 Å². The maximum atomic E-state index is 6.16. The molecule has 5 heteroatoms. The summed E-state index contributed by atoms with van der Waals surface area (Å²) < 4.78 is 0. The average molecular weight is 271 g/mol. The summed E-state index contributed by atoms with van der Waals surface area (Å²) in [5.41, 5.74) is 2.83. The summed E-state index contributed by atoms with van der Waals surface area (Å²) in [5.74, 6) is 0. The molecule has 0 saturated heterocycles. The van der Waals surface area contributed by atoms with E-state index in [1.165, 1.54) is 6.33 Å². The summed E-state index contributed by atoms with van der Waals surface area (Å²) in [5, 5.41) is 4.98. The monoisotopic (exact) mass is 270 g/mol. The quantitative estimate of drug-likeness (QED) is 0.793. The molecular weight excluding hydrogens is 260 g/mol. The first-order chi connectivity index (χ1) is 9.34. The maximum absolute atomic E-state index is 6.16. The molecule has 0 fully saturated rings. The van der Waals surface area contributed by atoms with Crippen LogP contribution in [0.25, 0.3) is 10.9 Å². The molecule has 19 heavy (non-hydrogen) atoms. The second-order valence-electron chi connectivity index (χ2n) is 4.09. The SMILES string of the molecule is Clc1ccc(NCc2cncnc2)c2ncccc12. The van der Waals surface area contributed by atoms with Gasteiger partial charge in [-0.15, -0.1) is 0 Å². The van der Waals surface area contributed by atoms with E-state index in [9.17, 15) is 0 Å². The molecule has 0 spiro atoms. The van der Waals surface area contributed by atoms with Crippen LogP contribution in [0.3, 0.4) is 0 Å². The Hall–Kier alpha value is -2.20. The van der Waals surface area contributed by atoms with Crippen LogP contribution in [0.4, 0.5) is 5.69 Å². The molecule has 1 aromatic carbocycles. The fourth-order valence-corrected chi connectivity index (χ4v) is 2.11. The van der Waals surface area contributed by atoms with Gasteiger partial charge in [0.1, 0.15) is 6.33 Å². The van der Waals surface area contributed by atoms with Gasteiger partial charge in [-0.25, -0.2) is 9.97 Å². The fraction of sp³-hybridized carbons (Fsp3) is 0.0714. The van der Waals surface area contributed by atoms with Crippen LogP contribution in [-0.2, 0) is 6.54 Å². The molecule has 3 aromatic rings. The highest BCUT2D eigenvalue weighted by Crippen LogP contribution is 2.28. The Morgan fingerprint density at radius 3 is 2.79 bits per heavy atom. The van der Waals surface area contributed by atoms with Crippen LogP contribution >= 0.6 is 11.6 Å². The Morgan fingerprint density at radius 2 is 1.95 bits per heavy atom. The zero-order valence-corrected chi connectivity index (χ0v) is 10.8. The van der Waals surface area contributed by atoms with Crippen LogP contribution in [0.5, 0.6) is 0 Å². The predicted octanol–water partition coefficient (Wildman–Crippen LogP) is 3.29. The number of nitrogens with one attached hydrogen (secondary N) is 1. The van der Waals surface area contributed by atoms with Crippen LogP contribution in [0.15, 0.2) is 49.2 Å². The lowest BCUT2D eigenvalue weighted by atomic mass is 10.2. The van der Waals surface area contributed by atoms with Crippen molar-refractivity contribution in [1.82, 2.24) is 15.0 Å². The highest BCUT2D eigenvalue weighted by molar-refractivity contribution is 6.35. The molecular formula is C14H11ClN4. The number of hydrogen-bond donors (Lipinski definition) is 1. The first kappa shape index (κ1) is 11.9. The first-order valence-electron chi connectivity index (χ1n) is 5.85. The molecule has 0 atom stereocenters. The summed E-state index contributed by atoms with van der Waals surface area (Å²) in [6.45, 7) is 0.647. The Labute approximate surface area is 115 Å². The molecule has 0 aliphatic carbocycles. The van der Waals surface area contributed by atoms with Crippen molar-refractivity contribution in [3.8, 4) is 0 Å². The van der Waals surface area contributed by atoms with Gasteiger partial charge in [0.25, 0.3) is 0 Å². The summed E-state index contributed by atoms with van der Waals surface area (Å²) in [7, 11) is 0. The number of nitrogens with zero attached hydrogens (tertiary/aromatic N) is 3. The van der Waals surface area contributed by atoms with Gasteiger partial charge in [0.05, 0.1) is 16.2 Å². The van der Waals surface area contributed by atoms with E-state index in [-0.39, 0.29) is 0 Å². The Morgan fingerprint density at radius 1 is 1.11 bits per heavy atom. The van der Waals surface area contributed by atoms with E-state index in [2.05, 4.69) is 20.3 Å². The van der Waals surface area contributed by atoms with Crippen molar-refractivity contribution in [2.24, 2.45) is 0 Å². The van der Waals surface area contributed by atoms with Gasteiger partial charge in [0.2, 0.25) is 0 Å². The highest BCUT2D eigenvalue weighted by atomic mass is 35.5. The maximum Gasteiger partial charge on any atom is 0.115 e. The lowest BCUT2D eigenvalue weighted by molar-refractivity contribution is 1.05. The van der Waals surface area contributed by atoms with Crippen LogP contribution in [0, 0.1) is 0 Å². The molecule has 1 N–H and O–H groups in total. The predicted molar refractivity (Wildman–Crippen MR) is 76.1 cm³/mol. The first-order valence-corrected chi connectivity index (χ1v) is 6.23. The highest BCUT2D eigenvalue weighted by Gasteiger charge is 2.05. The topological polar surface area (TPSA) is 50.7 Å². The van der Waals surface area contributed by atoms with Gasteiger partial charge in [0, 0.05) is 36.1 Å². The average Bonchev–Trinajstić information content (AvgIpc) is 2.48. The van der Waals surface area contributed by atoms with Gasteiger partial charge >= 0.3 is 0 Å². The number of hydrogen-bond acceptors (Lipinski definition) is 4. The second kappa shape index (κ2) is 5.20. The van der Waals surface area contributed by atoms with E-state index < -0.39 is 0 Å². The zero-order chi connectivity index (χ0) is 13.1. The van der Waals surface area contributed by atoms with Crippen molar-refractivity contribution in [3.63, 3.8) is 0 Å². The lowest BCUT2D eigenvalue weighted by Gasteiger charge is -2.09. The summed E-state index contributed by atoms with van der Waals surface area (Å²) in [4.78, 5) is 12.3. The lowest BCUT2D eigenvalue weighted by Crippen LogP contribution is -2.01. The van der Waals surface area contributed by atoms with Crippen LogP contribution in [-0.4, -0.2) is 15.0 Å². The Kier molecular flexibility index (Phi) is 3.25. The van der Waals surface area contributed by atoms with Crippen LogP contribution in [0.1, 0.15) is 5.56 Å². The second-order valence-corrected chi connectivity index (χ2v) is 4.50. The van der Waals surface area contributed by atoms with Gasteiger partial charge in [-0.05, 0) is 24.3 Å². The minimum Gasteiger partial charge on any atom is -0.379 e. The molecule has 0 saturated carbocycles. The van der Waals surface area contributed by atoms with Crippen molar-refractivity contribution >= 4 is 28.2 Å². The van der Waals surface area contributed by atoms with Crippen molar-refractivity contribution < 1.29 is 0 Å². The molecule has 4 nitrogen and oxygen atoms in total. The summed E-state index contributed by atoms with van der Waals surface area (Å²) in [6, 6.07) is 7.64. The van der Waals surface area contributed by atoms with Crippen LogP contribution < -0.4 is 5.32 Å². The molecule has 0 aliphatic heterocycles. The molecule has 94 valence electrons. The molecule has 2 aromatic heterocycles. The Bertz CT molecular complexity index is 700. The number of pyridine rings is 1. The molecule has 0 bridgehead atoms. The van der Waals surface area contributed by atoms with Gasteiger partial charge in [0.15, 0.2) is 0 Å². The zero-order valence-electron chi connectivity index (χ0n) is 10.0. The number of aromatic nitrogens is 3. The van der Waals surface area contributed by atoms with Gasteiger partial charge in [-0.2, -0.15) is 0 Å². The van der Waals surface area contributed by atoms with E-state index in [0.29, 0.717) is 11.6 Å². The summed E-state index contributed by atoms with van der Waals surface area (Å²) >= 11 is 6.16. The fourth-order valence-electron chi connectivity index (χ4n) is 1.90. The third-order valence-electron chi connectivity index (χ3n) is 2.81. The smallest absolute Gasteiger partial charge is 0.115 e. The third kappa shape index (κ3) is 2.48. The third-order valence-corrected chi connectivity index (χ3v) is 3.14. The molecule has 2 heterocycles. The number of rotatable bonds is 3. The van der Waals surface area contributed by atoms with Crippen LogP contribution in [0.2, 0.25) is 5.02 Å². The van der Waals surface area contributed by atoms with Crippen molar-refractivity contribution in [2.45, 2.75) is 6.54 Å². The minimum absolute atomic E-state index is 0.647. The van der Waals surface area contributed by atoms with E-state index in [4.69, 9.17) is 11.6 Å². The Balaban J connectivity index is 1.91. The molecule has 0 aliphatic rings. The van der Waals surface area contributed by atoms with Crippen molar-refractivity contribution in [3.05, 3.63) is 59.8 Å². The molecule has 0 unspecified atom stereocenters. The van der Waals surface area contributed by atoms with E-state index in [0.717, 1.165) is 22.2 Å². The molecule has 0 radical (unpaired) electrons. The van der Waals surface area contributed by atoms with Gasteiger partial charge in [-0.1, -0.05) is 11.6 Å². The summed E-state index contributed by atoms with van der Waals surface area (Å²) in [6.07, 6.45) is 6.84. The van der Waals surface area contributed by atoms with Crippen molar-refractivity contribution in [1.29, 1.82) is 0 Å². The van der Waals surface area contributed by atoms with Gasteiger partial charge < -0.3 is 5.32 Å². The van der Waals surface area contributed by atoms with Gasteiger partial charge in [-0.3, -0.25) is 4.98 Å². The van der Waals surface area contributed by atoms with Crippen molar-refractivity contribution in [2.75, 3.05) is 5.32 Å². The number of halogens is 1. The standard InChI is InChI=1S/C14H11ClN4/c15-12-3-4-13(14-11(12)2-1-5-18-14)19-8-10-6-16-9-17-7-10/h1-7,9,19H,8H2. The number of anilines is 1. The number of fused-ring (bicyclic) bond motifs is 1. The molecule has 0 amide bonds. The van der Waals surface area contributed by atoms with E-state index >= 15 is 0 Å². The number of benzene rings is 1. The minimum atomic E-state index is 0.647. The molecule has 3 rings (SSSR count).